The molecule has 10 heteroatoms. The molecule has 0 aliphatic rings. The van der Waals surface area contributed by atoms with Crippen molar-refractivity contribution in [1.29, 1.82) is 0 Å². The van der Waals surface area contributed by atoms with E-state index in [0.29, 0.717) is 6.61 Å². The average molecular weight is 753 g/mol. The second-order valence-corrected chi connectivity index (χ2v) is 14.4. The van der Waals surface area contributed by atoms with E-state index in [1.165, 1.54) is 51.4 Å². The molecule has 0 fully saturated rings. The second-order valence-electron chi connectivity index (χ2n) is 12.9. The highest BCUT2D eigenvalue weighted by Crippen LogP contribution is 2.43. The van der Waals surface area contributed by atoms with Crippen molar-refractivity contribution in [3.8, 4) is 0 Å². The molecule has 0 heterocycles. The van der Waals surface area contributed by atoms with Crippen LogP contribution in [0.3, 0.4) is 0 Å². The summed E-state index contributed by atoms with van der Waals surface area (Å²) in [5, 5.41) is 18.3. The fourth-order valence-corrected chi connectivity index (χ4v) is 5.69. The fraction of sp³-hybridized carbons (Fsp3) is 0.690. The fourth-order valence-electron chi connectivity index (χ4n) is 4.90. The van der Waals surface area contributed by atoms with Crippen LogP contribution < -0.4 is 0 Å². The average Bonchev–Trinajstić information content (AvgIpc) is 3.13. The van der Waals surface area contributed by atoms with Crippen LogP contribution in [0, 0.1) is 0 Å². The van der Waals surface area contributed by atoms with E-state index in [-0.39, 0.29) is 13.0 Å². The molecule has 0 aromatic heterocycles. The van der Waals surface area contributed by atoms with Gasteiger partial charge in [0.2, 0.25) is 0 Å². The minimum absolute atomic E-state index is 0.00696. The first-order valence-corrected chi connectivity index (χ1v) is 21.4. The van der Waals surface area contributed by atoms with E-state index in [1.54, 1.807) is 0 Å². The van der Waals surface area contributed by atoms with Crippen molar-refractivity contribution >= 4 is 13.8 Å². The molecular formula is C42H73O9P. The highest BCUT2D eigenvalue weighted by atomic mass is 31.2. The zero-order chi connectivity index (χ0) is 38.2. The number of aliphatic hydroxyl groups excluding tert-OH is 2. The van der Waals surface area contributed by atoms with Gasteiger partial charge in [-0.1, -0.05) is 151 Å². The number of hydrogen-bond donors (Lipinski definition) is 3. The molecule has 300 valence electrons. The number of carbonyl (C=O) groups excluding carboxylic acids is 1. The van der Waals surface area contributed by atoms with Crippen molar-refractivity contribution in [2.75, 3.05) is 33.0 Å². The minimum Gasteiger partial charge on any atom is -0.457 e. The summed E-state index contributed by atoms with van der Waals surface area (Å²) in [7, 11) is -4.53. The number of ether oxygens (including phenoxy) is 2. The van der Waals surface area contributed by atoms with Crippen LogP contribution in [-0.2, 0) is 27.9 Å². The van der Waals surface area contributed by atoms with Crippen molar-refractivity contribution in [2.24, 2.45) is 0 Å². The lowest BCUT2D eigenvalue weighted by molar-refractivity contribution is -0.154. The van der Waals surface area contributed by atoms with E-state index >= 15 is 0 Å². The molecule has 0 amide bonds. The monoisotopic (exact) mass is 752 g/mol. The lowest BCUT2D eigenvalue weighted by atomic mass is 10.1. The maximum atomic E-state index is 12.5. The van der Waals surface area contributed by atoms with Crippen LogP contribution in [0.2, 0.25) is 0 Å². The van der Waals surface area contributed by atoms with E-state index in [4.69, 9.17) is 23.6 Å². The van der Waals surface area contributed by atoms with Gasteiger partial charge in [-0.05, 0) is 57.8 Å². The van der Waals surface area contributed by atoms with Gasteiger partial charge in [0, 0.05) is 13.0 Å². The maximum absolute atomic E-state index is 12.5. The molecule has 0 aliphatic carbocycles. The Bertz CT molecular complexity index is 1030. The number of allylic oxidation sites excluding steroid dienone is 12. The number of unbranched alkanes of at least 4 members (excludes halogenated alkanes) is 11. The Kier molecular flexibility index (Phi) is 37.1. The molecule has 0 radical (unpaired) electrons. The van der Waals surface area contributed by atoms with E-state index in [2.05, 4.69) is 86.8 Å². The molecule has 0 saturated carbocycles. The normalized spacial score (nSPS) is 14.9. The third-order valence-corrected chi connectivity index (χ3v) is 8.86. The third-order valence-electron chi connectivity index (χ3n) is 7.91. The first-order valence-electron chi connectivity index (χ1n) is 19.9. The minimum atomic E-state index is -4.53. The highest BCUT2D eigenvalue weighted by molar-refractivity contribution is 7.47. The molecule has 9 nitrogen and oxygen atoms in total. The van der Waals surface area contributed by atoms with Crippen LogP contribution in [0.5, 0.6) is 0 Å². The Morgan fingerprint density at radius 1 is 0.615 bits per heavy atom. The van der Waals surface area contributed by atoms with Crippen molar-refractivity contribution < 1.29 is 43.0 Å². The third kappa shape index (κ3) is 37.7. The Labute approximate surface area is 316 Å². The van der Waals surface area contributed by atoms with Gasteiger partial charge in [-0.25, -0.2) is 4.57 Å². The van der Waals surface area contributed by atoms with Crippen LogP contribution in [0.1, 0.15) is 142 Å². The van der Waals surface area contributed by atoms with Crippen molar-refractivity contribution in [1.82, 2.24) is 0 Å². The molecule has 52 heavy (non-hydrogen) atoms. The van der Waals surface area contributed by atoms with Crippen molar-refractivity contribution in [3.05, 3.63) is 72.9 Å². The van der Waals surface area contributed by atoms with Crippen LogP contribution >= 0.6 is 7.82 Å². The van der Waals surface area contributed by atoms with Gasteiger partial charge in [-0.2, -0.15) is 0 Å². The summed E-state index contributed by atoms with van der Waals surface area (Å²) in [6.45, 7) is 3.21. The van der Waals surface area contributed by atoms with E-state index in [9.17, 15) is 19.4 Å². The van der Waals surface area contributed by atoms with Gasteiger partial charge in [0.05, 0.1) is 26.4 Å². The Hall–Kier alpha value is -2.10. The summed E-state index contributed by atoms with van der Waals surface area (Å²) in [5.74, 6) is -0.407. The summed E-state index contributed by atoms with van der Waals surface area (Å²) in [5.41, 5.74) is 0. The molecule has 3 N–H and O–H groups in total. The Balaban J connectivity index is 4.32. The predicted molar refractivity (Wildman–Crippen MR) is 214 cm³/mol. The van der Waals surface area contributed by atoms with Crippen molar-refractivity contribution in [2.45, 2.75) is 154 Å². The van der Waals surface area contributed by atoms with E-state index < -0.39 is 45.8 Å². The Morgan fingerprint density at radius 2 is 1.08 bits per heavy atom. The molecular weight excluding hydrogens is 679 g/mol. The van der Waals surface area contributed by atoms with Crippen LogP contribution in [0.15, 0.2) is 72.9 Å². The molecule has 0 bridgehead atoms. The maximum Gasteiger partial charge on any atom is 0.472 e. The zero-order valence-electron chi connectivity index (χ0n) is 32.5. The zero-order valence-corrected chi connectivity index (χ0v) is 33.4. The molecule has 0 aromatic carbocycles. The number of carbonyl (C=O) groups is 1. The quantitative estimate of drug-likeness (QED) is 0.0245. The van der Waals surface area contributed by atoms with Crippen molar-refractivity contribution in [3.63, 3.8) is 0 Å². The highest BCUT2D eigenvalue weighted by Gasteiger charge is 2.26. The number of phosphoric ester groups is 1. The SMILES string of the molecule is CC/C=C\C/C=C\C/C=C\C/C=C\C/C=C\C/C=C\CCCOCC(COP(=O)(O)OCC(O)CO)OC(=O)CCCCCCCCCCCCC. The molecule has 3 atom stereocenters. The van der Waals surface area contributed by atoms with Gasteiger partial charge in [0.25, 0.3) is 0 Å². The predicted octanol–water partition coefficient (Wildman–Crippen LogP) is 10.6. The largest absolute Gasteiger partial charge is 0.472 e. The number of esters is 1. The number of phosphoric acid groups is 1. The van der Waals surface area contributed by atoms with Crippen LogP contribution in [0.4, 0.5) is 0 Å². The summed E-state index contributed by atoms with van der Waals surface area (Å²) >= 11 is 0. The lowest BCUT2D eigenvalue weighted by Gasteiger charge is -2.20. The number of aliphatic hydroxyl groups is 2. The topological polar surface area (TPSA) is 132 Å². The van der Waals surface area contributed by atoms with Gasteiger partial charge in [-0.15, -0.1) is 0 Å². The smallest absolute Gasteiger partial charge is 0.457 e. The van der Waals surface area contributed by atoms with E-state index in [1.807, 2.05) is 0 Å². The van der Waals surface area contributed by atoms with Gasteiger partial charge in [0.1, 0.15) is 12.2 Å². The summed E-state index contributed by atoms with van der Waals surface area (Å²) in [6.07, 6.45) is 44.4. The standard InChI is InChI=1S/C42H73O9P/c1-3-5-7-9-11-13-15-16-17-18-19-20-21-22-23-25-27-29-31-33-35-48-38-41(39-50-52(46,47)49-37-40(44)36-43)51-42(45)34-32-30-28-26-24-14-12-10-8-6-4-2/h5,7,11,13,16-17,19-20,22-23,27,29,40-41,43-44H,3-4,6,8-10,12,14-15,18,21,24-26,28,30-39H2,1-2H3,(H,46,47)/b7-5-,13-11-,17-16-,20-19-,23-22-,29-27-. The van der Waals surface area contributed by atoms with Gasteiger partial charge in [0.15, 0.2) is 0 Å². The molecule has 0 spiro atoms. The molecule has 0 rings (SSSR count). The lowest BCUT2D eigenvalue weighted by Crippen LogP contribution is -2.29. The van der Waals surface area contributed by atoms with Gasteiger partial charge in [-0.3, -0.25) is 13.8 Å². The van der Waals surface area contributed by atoms with Gasteiger partial charge >= 0.3 is 13.8 Å². The summed E-state index contributed by atoms with van der Waals surface area (Å²) < 4.78 is 33.2. The first-order chi connectivity index (χ1) is 25.3. The number of rotatable bonds is 37. The van der Waals surface area contributed by atoms with Crippen LogP contribution in [-0.4, -0.2) is 66.3 Å². The molecule has 0 aromatic rings. The second kappa shape index (κ2) is 38.6. The first kappa shape index (κ1) is 49.9. The summed E-state index contributed by atoms with van der Waals surface area (Å²) in [4.78, 5) is 22.5. The molecule has 0 aliphatic heterocycles. The van der Waals surface area contributed by atoms with E-state index in [0.717, 1.165) is 70.6 Å². The summed E-state index contributed by atoms with van der Waals surface area (Å²) in [6, 6.07) is 0. The molecule has 3 unspecified atom stereocenters. The Morgan fingerprint density at radius 3 is 1.58 bits per heavy atom. The number of hydrogen-bond acceptors (Lipinski definition) is 8. The molecule has 0 saturated heterocycles. The van der Waals surface area contributed by atoms with Crippen LogP contribution in [0.25, 0.3) is 0 Å². The van der Waals surface area contributed by atoms with Gasteiger partial charge < -0.3 is 24.6 Å².